The van der Waals surface area contributed by atoms with Gasteiger partial charge in [-0.2, -0.15) is 0 Å². The standard InChI is InChI=1S/C21H14N2O/c1-2-8-14-13(7-1)20-19(15-9-3-6-12-18(15)24-20)23-17-11-5-4-10-16(17)22-21(14)23/h1-12,19-20H. The molecule has 0 saturated heterocycles. The largest absolute Gasteiger partial charge is 0.483 e. The van der Waals surface area contributed by atoms with Gasteiger partial charge in [0.2, 0.25) is 0 Å². The molecule has 24 heavy (non-hydrogen) atoms. The molecule has 4 aromatic rings. The van der Waals surface area contributed by atoms with Gasteiger partial charge in [0.1, 0.15) is 23.7 Å². The second kappa shape index (κ2) is 4.26. The Kier molecular flexibility index (Phi) is 2.20. The van der Waals surface area contributed by atoms with Crippen molar-refractivity contribution in [2.45, 2.75) is 12.1 Å². The molecular formula is C21H14N2O. The molecule has 0 N–H and O–H groups in total. The molecule has 3 heterocycles. The molecular weight excluding hydrogens is 296 g/mol. The van der Waals surface area contributed by atoms with Gasteiger partial charge in [-0.1, -0.05) is 54.6 Å². The second-order valence-electron chi connectivity index (χ2n) is 6.40. The highest BCUT2D eigenvalue weighted by atomic mass is 16.5. The summed E-state index contributed by atoms with van der Waals surface area (Å²) in [5, 5.41) is 0. The third-order valence-corrected chi connectivity index (χ3v) is 5.16. The maximum Gasteiger partial charge on any atom is 0.149 e. The summed E-state index contributed by atoms with van der Waals surface area (Å²) in [4.78, 5) is 4.94. The van der Waals surface area contributed by atoms with Gasteiger partial charge >= 0.3 is 0 Å². The van der Waals surface area contributed by atoms with Gasteiger partial charge < -0.3 is 9.30 Å². The monoisotopic (exact) mass is 310 g/mol. The van der Waals surface area contributed by atoms with Crippen molar-refractivity contribution >= 4 is 11.0 Å². The van der Waals surface area contributed by atoms with E-state index in [0.717, 1.165) is 22.6 Å². The van der Waals surface area contributed by atoms with Gasteiger partial charge in [-0.05, 0) is 18.2 Å². The number of ether oxygens (including phenoxy) is 1. The fourth-order valence-corrected chi connectivity index (χ4v) is 4.17. The molecule has 114 valence electrons. The van der Waals surface area contributed by atoms with Crippen LogP contribution in [0.2, 0.25) is 0 Å². The number of imidazole rings is 1. The Hall–Kier alpha value is -3.07. The van der Waals surface area contributed by atoms with Gasteiger partial charge in [-0.25, -0.2) is 4.98 Å². The van der Waals surface area contributed by atoms with Crippen molar-refractivity contribution in [3.8, 4) is 17.1 Å². The minimum absolute atomic E-state index is 0.00343. The van der Waals surface area contributed by atoms with E-state index < -0.39 is 0 Å². The van der Waals surface area contributed by atoms with E-state index in [9.17, 15) is 0 Å². The summed E-state index contributed by atoms with van der Waals surface area (Å²) in [5.74, 6) is 2.02. The second-order valence-corrected chi connectivity index (χ2v) is 6.40. The molecule has 2 atom stereocenters. The molecule has 3 aromatic carbocycles. The predicted molar refractivity (Wildman–Crippen MR) is 93.1 cm³/mol. The summed E-state index contributed by atoms with van der Waals surface area (Å²) in [6.45, 7) is 0. The first-order valence-corrected chi connectivity index (χ1v) is 8.24. The van der Waals surface area contributed by atoms with Crippen LogP contribution in [0.25, 0.3) is 22.4 Å². The Labute approximate surface area is 139 Å². The quantitative estimate of drug-likeness (QED) is 0.469. The Bertz CT molecular complexity index is 1110. The first-order chi connectivity index (χ1) is 11.9. The van der Waals surface area contributed by atoms with Gasteiger partial charge in [0.15, 0.2) is 0 Å². The minimum Gasteiger partial charge on any atom is -0.483 e. The number of hydrogen-bond acceptors (Lipinski definition) is 2. The average Bonchev–Trinajstić information content (AvgIpc) is 3.20. The molecule has 0 radical (unpaired) electrons. The molecule has 6 rings (SSSR count). The lowest BCUT2D eigenvalue weighted by atomic mass is 9.90. The molecule has 0 amide bonds. The van der Waals surface area contributed by atoms with Gasteiger partial charge in [0, 0.05) is 16.7 Å². The van der Waals surface area contributed by atoms with Gasteiger partial charge in [-0.3, -0.25) is 0 Å². The van der Waals surface area contributed by atoms with Gasteiger partial charge in [0.25, 0.3) is 0 Å². The predicted octanol–water partition coefficient (Wildman–Crippen LogP) is 4.74. The van der Waals surface area contributed by atoms with Crippen LogP contribution in [-0.4, -0.2) is 9.55 Å². The van der Waals surface area contributed by atoms with Crippen molar-refractivity contribution in [3.05, 3.63) is 83.9 Å². The van der Waals surface area contributed by atoms with Crippen LogP contribution in [0, 0.1) is 0 Å². The smallest absolute Gasteiger partial charge is 0.149 e. The fraction of sp³-hybridized carbons (Fsp3) is 0.0952. The van der Waals surface area contributed by atoms with Crippen molar-refractivity contribution in [2.24, 2.45) is 0 Å². The van der Waals surface area contributed by atoms with E-state index in [0.29, 0.717) is 0 Å². The summed E-state index contributed by atoms with van der Waals surface area (Å²) >= 11 is 0. The van der Waals surface area contributed by atoms with Crippen molar-refractivity contribution in [3.63, 3.8) is 0 Å². The Morgan fingerprint density at radius 3 is 2.50 bits per heavy atom. The van der Waals surface area contributed by atoms with E-state index in [4.69, 9.17) is 9.72 Å². The Morgan fingerprint density at radius 1 is 0.792 bits per heavy atom. The number of para-hydroxylation sites is 3. The first kappa shape index (κ1) is 12.4. The van der Waals surface area contributed by atoms with Crippen LogP contribution in [-0.2, 0) is 0 Å². The van der Waals surface area contributed by atoms with E-state index >= 15 is 0 Å². The lowest BCUT2D eigenvalue weighted by Gasteiger charge is -2.29. The van der Waals surface area contributed by atoms with E-state index in [1.807, 2.05) is 12.1 Å². The van der Waals surface area contributed by atoms with Crippen molar-refractivity contribution in [1.29, 1.82) is 0 Å². The number of aromatic nitrogens is 2. The lowest BCUT2D eigenvalue weighted by molar-refractivity contribution is 0.195. The third-order valence-electron chi connectivity index (χ3n) is 5.16. The summed E-state index contributed by atoms with van der Waals surface area (Å²) in [6, 6.07) is 25.3. The molecule has 0 bridgehead atoms. The first-order valence-electron chi connectivity index (χ1n) is 8.24. The molecule has 0 saturated carbocycles. The van der Waals surface area contributed by atoms with Gasteiger partial charge in [-0.15, -0.1) is 0 Å². The molecule has 0 fully saturated rings. The molecule has 0 spiro atoms. The fourth-order valence-electron chi connectivity index (χ4n) is 4.17. The number of nitrogens with zero attached hydrogens (tertiary/aromatic N) is 2. The molecule has 0 aliphatic carbocycles. The minimum atomic E-state index is 0.00343. The highest BCUT2D eigenvalue weighted by Crippen LogP contribution is 2.53. The summed E-state index contributed by atoms with van der Waals surface area (Å²) in [5.41, 5.74) is 5.83. The lowest BCUT2D eigenvalue weighted by Crippen LogP contribution is -2.23. The number of hydrogen-bond donors (Lipinski definition) is 0. The number of benzene rings is 3. The van der Waals surface area contributed by atoms with Gasteiger partial charge in [0.05, 0.1) is 11.0 Å². The zero-order valence-corrected chi connectivity index (χ0v) is 12.9. The van der Waals surface area contributed by atoms with Crippen LogP contribution in [0.5, 0.6) is 5.75 Å². The van der Waals surface area contributed by atoms with Crippen LogP contribution in [0.3, 0.4) is 0 Å². The highest BCUT2D eigenvalue weighted by molar-refractivity contribution is 5.83. The number of fused-ring (bicyclic) bond motifs is 10. The van der Waals surface area contributed by atoms with Crippen LogP contribution < -0.4 is 4.74 Å². The number of rotatable bonds is 0. The molecule has 2 aliphatic rings. The Balaban J connectivity index is 1.77. The zero-order chi connectivity index (χ0) is 15.7. The highest BCUT2D eigenvalue weighted by Gasteiger charge is 2.43. The van der Waals surface area contributed by atoms with E-state index in [1.54, 1.807) is 0 Å². The maximum absolute atomic E-state index is 6.36. The van der Waals surface area contributed by atoms with Crippen LogP contribution >= 0.6 is 0 Å². The zero-order valence-electron chi connectivity index (χ0n) is 12.9. The van der Waals surface area contributed by atoms with Crippen molar-refractivity contribution < 1.29 is 4.74 Å². The van der Waals surface area contributed by atoms with Crippen molar-refractivity contribution in [2.75, 3.05) is 0 Å². The topological polar surface area (TPSA) is 27.1 Å². The Morgan fingerprint density at radius 2 is 1.54 bits per heavy atom. The molecule has 1 aromatic heterocycles. The molecule has 3 nitrogen and oxygen atoms in total. The van der Waals surface area contributed by atoms with E-state index in [-0.39, 0.29) is 12.1 Å². The van der Waals surface area contributed by atoms with Crippen LogP contribution in [0.1, 0.15) is 23.3 Å². The van der Waals surface area contributed by atoms with E-state index in [1.165, 1.54) is 16.7 Å². The molecule has 2 aliphatic heterocycles. The summed E-state index contributed by atoms with van der Waals surface area (Å²) in [7, 11) is 0. The average molecular weight is 310 g/mol. The van der Waals surface area contributed by atoms with E-state index in [2.05, 4.69) is 65.2 Å². The molecule has 2 unspecified atom stereocenters. The molecule has 3 heteroatoms. The summed E-state index contributed by atoms with van der Waals surface area (Å²) in [6.07, 6.45) is 0.00343. The summed E-state index contributed by atoms with van der Waals surface area (Å²) < 4.78 is 8.72. The maximum atomic E-state index is 6.36. The van der Waals surface area contributed by atoms with Crippen LogP contribution in [0.15, 0.2) is 72.8 Å². The SMILES string of the molecule is c1ccc2c(c1)OC1c3ccccc3-c3nc4ccccc4n3C21. The van der Waals surface area contributed by atoms with Crippen molar-refractivity contribution in [1.82, 2.24) is 9.55 Å². The normalized spacial score (nSPS) is 20.0. The van der Waals surface area contributed by atoms with Crippen LogP contribution in [0.4, 0.5) is 0 Å². The third kappa shape index (κ3) is 1.40.